The molecule has 0 aliphatic heterocycles. The van der Waals surface area contributed by atoms with Crippen LogP contribution in [0.2, 0.25) is 0 Å². The summed E-state index contributed by atoms with van der Waals surface area (Å²) < 4.78 is 1.91. The standard InChI is InChI=1S/C26H23N5/c1-15(2)25-20-12-17(16-8-10-24-18(11-16)13-28-31(24)3)7-9-22(20)29-26(25)19-5-4-6-23-21(19)14-27-30-23/h4-15,29H,1-3H3,(H,27,30). The lowest BCUT2D eigenvalue weighted by Crippen LogP contribution is -1.91. The number of fused-ring (bicyclic) bond motifs is 3. The Morgan fingerprint density at radius 3 is 2.58 bits per heavy atom. The molecule has 5 nitrogen and oxygen atoms in total. The van der Waals surface area contributed by atoms with Gasteiger partial charge in [-0.3, -0.25) is 9.78 Å². The van der Waals surface area contributed by atoms with Crippen molar-refractivity contribution in [2.75, 3.05) is 0 Å². The number of nitrogens with zero attached hydrogens (tertiary/aromatic N) is 3. The van der Waals surface area contributed by atoms with Crippen LogP contribution in [0.4, 0.5) is 0 Å². The quantitative estimate of drug-likeness (QED) is 0.358. The summed E-state index contributed by atoms with van der Waals surface area (Å²) >= 11 is 0. The molecular formula is C26H23N5. The highest BCUT2D eigenvalue weighted by Crippen LogP contribution is 2.39. The SMILES string of the molecule is CC(C)c1c(-c2cccc3[nH]ncc23)[nH]c2ccc(-c3ccc4c(cnn4C)c3)cc12. The minimum Gasteiger partial charge on any atom is -0.354 e. The topological polar surface area (TPSA) is 62.3 Å². The van der Waals surface area contributed by atoms with Crippen molar-refractivity contribution < 1.29 is 0 Å². The zero-order chi connectivity index (χ0) is 21.1. The predicted molar refractivity (Wildman–Crippen MR) is 127 cm³/mol. The first kappa shape index (κ1) is 18.0. The van der Waals surface area contributed by atoms with Gasteiger partial charge in [0.15, 0.2) is 0 Å². The van der Waals surface area contributed by atoms with Crippen LogP contribution < -0.4 is 0 Å². The summed E-state index contributed by atoms with van der Waals surface area (Å²) in [6.07, 6.45) is 3.84. The van der Waals surface area contributed by atoms with Gasteiger partial charge >= 0.3 is 0 Å². The van der Waals surface area contributed by atoms with Crippen LogP contribution in [-0.2, 0) is 7.05 Å². The van der Waals surface area contributed by atoms with Gasteiger partial charge in [0.05, 0.1) is 29.1 Å². The fraction of sp³-hybridized carbons (Fsp3) is 0.154. The van der Waals surface area contributed by atoms with Crippen LogP contribution in [0.1, 0.15) is 25.3 Å². The highest BCUT2D eigenvalue weighted by Gasteiger charge is 2.19. The van der Waals surface area contributed by atoms with Crippen molar-refractivity contribution in [1.29, 1.82) is 0 Å². The molecule has 0 saturated heterocycles. The van der Waals surface area contributed by atoms with Crippen molar-refractivity contribution >= 4 is 32.7 Å². The first-order chi connectivity index (χ1) is 15.1. The molecule has 0 aliphatic rings. The molecular weight excluding hydrogens is 382 g/mol. The largest absolute Gasteiger partial charge is 0.354 e. The molecule has 6 rings (SSSR count). The van der Waals surface area contributed by atoms with Gasteiger partial charge in [0, 0.05) is 34.3 Å². The first-order valence-corrected chi connectivity index (χ1v) is 10.6. The second-order valence-corrected chi connectivity index (χ2v) is 8.51. The number of aromatic nitrogens is 5. The van der Waals surface area contributed by atoms with Gasteiger partial charge in [0.2, 0.25) is 0 Å². The molecule has 0 atom stereocenters. The van der Waals surface area contributed by atoms with E-state index in [0.717, 1.165) is 27.3 Å². The highest BCUT2D eigenvalue weighted by molar-refractivity contribution is 6.01. The summed E-state index contributed by atoms with van der Waals surface area (Å²) in [5.41, 5.74) is 9.48. The number of aromatic amines is 2. The zero-order valence-electron chi connectivity index (χ0n) is 17.8. The van der Waals surface area contributed by atoms with E-state index in [-0.39, 0.29) is 0 Å². The number of hydrogen-bond acceptors (Lipinski definition) is 2. The van der Waals surface area contributed by atoms with Crippen LogP contribution in [0, 0.1) is 0 Å². The smallest absolute Gasteiger partial charge is 0.0679 e. The van der Waals surface area contributed by atoms with E-state index in [2.05, 4.69) is 88.7 Å². The monoisotopic (exact) mass is 405 g/mol. The van der Waals surface area contributed by atoms with Gasteiger partial charge in [-0.05, 0) is 52.9 Å². The van der Waals surface area contributed by atoms with Gasteiger partial charge in [0.25, 0.3) is 0 Å². The second-order valence-electron chi connectivity index (χ2n) is 8.51. The van der Waals surface area contributed by atoms with Crippen molar-refractivity contribution in [1.82, 2.24) is 25.0 Å². The third-order valence-corrected chi connectivity index (χ3v) is 6.25. The Kier molecular flexibility index (Phi) is 3.81. The summed E-state index contributed by atoms with van der Waals surface area (Å²) in [4.78, 5) is 3.70. The van der Waals surface area contributed by atoms with Gasteiger partial charge in [-0.1, -0.05) is 38.1 Å². The second kappa shape index (κ2) is 6.57. The van der Waals surface area contributed by atoms with Crippen molar-refractivity contribution in [3.05, 3.63) is 72.6 Å². The molecule has 3 heterocycles. The number of H-pyrrole nitrogens is 2. The molecule has 152 valence electrons. The van der Waals surface area contributed by atoms with Gasteiger partial charge < -0.3 is 4.98 Å². The molecule has 0 bridgehead atoms. The van der Waals surface area contributed by atoms with Crippen LogP contribution in [0.5, 0.6) is 0 Å². The van der Waals surface area contributed by atoms with Crippen LogP contribution in [-0.4, -0.2) is 25.0 Å². The fourth-order valence-electron chi connectivity index (χ4n) is 4.73. The Balaban J connectivity index is 1.57. The summed E-state index contributed by atoms with van der Waals surface area (Å²) in [5, 5.41) is 15.3. The molecule has 5 heteroatoms. The zero-order valence-corrected chi connectivity index (χ0v) is 17.8. The van der Waals surface area contributed by atoms with Gasteiger partial charge in [-0.15, -0.1) is 0 Å². The van der Waals surface area contributed by atoms with Crippen molar-refractivity contribution in [3.63, 3.8) is 0 Å². The van der Waals surface area contributed by atoms with Crippen molar-refractivity contribution in [3.8, 4) is 22.4 Å². The van der Waals surface area contributed by atoms with E-state index in [1.54, 1.807) is 0 Å². The third kappa shape index (κ3) is 2.70. The predicted octanol–water partition coefficient (Wildman–Crippen LogP) is 6.39. The van der Waals surface area contributed by atoms with E-state index in [1.807, 2.05) is 24.1 Å². The highest BCUT2D eigenvalue weighted by atomic mass is 15.2. The Hall–Kier alpha value is -3.86. The van der Waals surface area contributed by atoms with E-state index in [0.29, 0.717) is 5.92 Å². The minimum absolute atomic E-state index is 0.377. The normalized spacial score (nSPS) is 12.0. The Morgan fingerprint density at radius 1 is 0.871 bits per heavy atom. The van der Waals surface area contributed by atoms with Crippen LogP contribution in [0.25, 0.3) is 55.1 Å². The summed E-state index contributed by atoms with van der Waals surface area (Å²) in [6.45, 7) is 4.52. The molecule has 31 heavy (non-hydrogen) atoms. The van der Waals surface area contributed by atoms with Gasteiger partial charge in [-0.2, -0.15) is 10.2 Å². The van der Waals surface area contributed by atoms with Crippen LogP contribution in [0.3, 0.4) is 0 Å². The summed E-state index contributed by atoms with van der Waals surface area (Å²) in [6, 6.07) is 19.6. The number of benzene rings is 3. The molecule has 3 aromatic carbocycles. The average Bonchev–Trinajstić information content (AvgIpc) is 3.49. The molecule has 6 aromatic rings. The maximum Gasteiger partial charge on any atom is 0.0679 e. The molecule has 0 amide bonds. The molecule has 0 radical (unpaired) electrons. The summed E-state index contributed by atoms with van der Waals surface area (Å²) in [5.74, 6) is 0.377. The molecule has 0 saturated carbocycles. The first-order valence-electron chi connectivity index (χ1n) is 10.6. The lowest BCUT2D eigenvalue weighted by atomic mass is 9.93. The van der Waals surface area contributed by atoms with Gasteiger partial charge in [-0.25, -0.2) is 0 Å². The number of rotatable bonds is 3. The lowest BCUT2D eigenvalue weighted by Gasteiger charge is -2.10. The van der Waals surface area contributed by atoms with Crippen LogP contribution >= 0.6 is 0 Å². The number of aryl methyl sites for hydroxylation is 1. The van der Waals surface area contributed by atoms with E-state index in [9.17, 15) is 0 Å². The number of hydrogen-bond donors (Lipinski definition) is 2. The maximum absolute atomic E-state index is 4.38. The minimum atomic E-state index is 0.377. The Labute approximate surface area is 179 Å². The molecule has 0 fully saturated rings. The lowest BCUT2D eigenvalue weighted by molar-refractivity contribution is 0.797. The van der Waals surface area contributed by atoms with Gasteiger partial charge in [0.1, 0.15) is 0 Å². The molecule has 0 aliphatic carbocycles. The van der Waals surface area contributed by atoms with E-state index in [1.165, 1.54) is 33.3 Å². The fourth-order valence-corrected chi connectivity index (χ4v) is 4.73. The number of nitrogens with one attached hydrogen (secondary N) is 2. The molecule has 3 aromatic heterocycles. The molecule has 0 unspecified atom stereocenters. The summed E-state index contributed by atoms with van der Waals surface area (Å²) in [7, 11) is 1.98. The van der Waals surface area contributed by atoms with Crippen molar-refractivity contribution in [2.24, 2.45) is 7.05 Å². The van der Waals surface area contributed by atoms with Crippen LogP contribution in [0.15, 0.2) is 67.0 Å². The van der Waals surface area contributed by atoms with E-state index < -0.39 is 0 Å². The Morgan fingerprint density at radius 2 is 1.71 bits per heavy atom. The molecule has 0 spiro atoms. The third-order valence-electron chi connectivity index (χ3n) is 6.25. The average molecular weight is 406 g/mol. The van der Waals surface area contributed by atoms with E-state index in [4.69, 9.17) is 0 Å². The molecule has 2 N–H and O–H groups in total. The van der Waals surface area contributed by atoms with E-state index >= 15 is 0 Å². The maximum atomic E-state index is 4.38. The van der Waals surface area contributed by atoms with Crippen molar-refractivity contribution in [2.45, 2.75) is 19.8 Å². The Bertz CT molecular complexity index is 1580.